The van der Waals surface area contributed by atoms with Crippen molar-refractivity contribution in [2.45, 2.75) is 6.54 Å². The minimum absolute atomic E-state index is 0.0140. The molecule has 126 valence electrons. The normalized spacial score (nSPS) is 12.8. The number of nitrogens with one attached hydrogen (secondary N) is 2. The Kier molecular flexibility index (Phi) is 3.21. The molecule has 2 aromatic carbocycles. The van der Waals surface area contributed by atoms with Gasteiger partial charge < -0.3 is 10.6 Å². The van der Waals surface area contributed by atoms with Crippen LogP contribution in [-0.4, -0.2) is 20.3 Å². The van der Waals surface area contributed by atoms with Crippen molar-refractivity contribution in [2.24, 2.45) is 0 Å². The Bertz CT molecular complexity index is 1130. The van der Waals surface area contributed by atoms with Gasteiger partial charge in [0.05, 0.1) is 11.9 Å². The number of anilines is 2. The molecule has 0 fully saturated rings. The lowest BCUT2D eigenvalue weighted by Crippen LogP contribution is -2.12. The van der Waals surface area contributed by atoms with Gasteiger partial charge in [-0.2, -0.15) is 0 Å². The zero-order valence-corrected chi connectivity index (χ0v) is 13.8. The van der Waals surface area contributed by atoms with Crippen LogP contribution in [-0.2, 0) is 6.54 Å². The number of hydrogen-bond donors (Lipinski definition) is 2. The molecule has 0 atom stereocenters. The number of carbonyl (C=O) groups excluding carboxylic acids is 1. The predicted octanol–water partition coefficient (Wildman–Crippen LogP) is 3.38. The van der Waals surface area contributed by atoms with Crippen LogP contribution in [0.25, 0.3) is 16.9 Å². The van der Waals surface area contributed by atoms with E-state index in [-0.39, 0.29) is 5.91 Å². The maximum Gasteiger partial charge on any atom is 0.251 e. The van der Waals surface area contributed by atoms with Crippen LogP contribution < -0.4 is 10.6 Å². The van der Waals surface area contributed by atoms with Crippen molar-refractivity contribution in [1.29, 1.82) is 0 Å². The van der Waals surface area contributed by atoms with Gasteiger partial charge in [-0.15, -0.1) is 0 Å². The topological polar surface area (TPSA) is 71.3 Å². The molecule has 1 aliphatic rings. The lowest BCUT2D eigenvalue weighted by Gasteiger charge is -2.11. The van der Waals surface area contributed by atoms with E-state index in [4.69, 9.17) is 0 Å². The molecule has 3 heterocycles. The van der Waals surface area contributed by atoms with E-state index in [0.717, 1.165) is 33.7 Å². The summed E-state index contributed by atoms with van der Waals surface area (Å²) in [5.41, 5.74) is 5.39. The Balaban J connectivity index is 1.59. The number of aromatic nitrogens is 3. The second-order valence-electron chi connectivity index (χ2n) is 6.16. The minimum Gasteiger partial charge on any atom is -0.348 e. The van der Waals surface area contributed by atoms with Crippen molar-refractivity contribution in [1.82, 2.24) is 19.7 Å². The lowest BCUT2D eigenvalue weighted by molar-refractivity contribution is 0.0966. The zero-order chi connectivity index (χ0) is 17.5. The second-order valence-corrected chi connectivity index (χ2v) is 6.16. The van der Waals surface area contributed by atoms with E-state index in [2.05, 4.69) is 20.6 Å². The van der Waals surface area contributed by atoms with Crippen LogP contribution in [0.3, 0.4) is 0 Å². The molecule has 0 unspecified atom stereocenters. The van der Waals surface area contributed by atoms with Crippen molar-refractivity contribution in [2.75, 3.05) is 5.32 Å². The predicted molar refractivity (Wildman–Crippen MR) is 99.3 cm³/mol. The van der Waals surface area contributed by atoms with Crippen LogP contribution in [0.1, 0.15) is 15.9 Å². The third kappa shape index (κ3) is 2.31. The standard InChI is InChI=1S/C20H15N5O/c26-20-16-7-6-13(10-14(16)11-23-20)17-12-22-18(19-21-8-9-25(17)19)24-15-4-2-1-3-5-15/h1-10,12H,11H2,(H,22,24)(H,23,26). The van der Waals surface area contributed by atoms with Crippen molar-refractivity contribution in [3.8, 4) is 11.3 Å². The first-order valence-electron chi connectivity index (χ1n) is 8.35. The molecule has 0 saturated heterocycles. The highest BCUT2D eigenvalue weighted by molar-refractivity contribution is 5.98. The third-order valence-corrected chi connectivity index (χ3v) is 4.55. The summed E-state index contributed by atoms with van der Waals surface area (Å²) in [5.74, 6) is 0.683. The van der Waals surface area contributed by atoms with Crippen molar-refractivity contribution >= 4 is 23.1 Å². The Morgan fingerprint density at radius 2 is 1.96 bits per heavy atom. The van der Waals surface area contributed by atoms with Crippen molar-refractivity contribution in [3.05, 3.63) is 78.2 Å². The fourth-order valence-corrected chi connectivity index (χ4v) is 3.27. The largest absolute Gasteiger partial charge is 0.348 e. The fourth-order valence-electron chi connectivity index (χ4n) is 3.27. The van der Waals surface area contributed by atoms with Gasteiger partial charge in [0.25, 0.3) is 5.91 Å². The van der Waals surface area contributed by atoms with Gasteiger partial charge in [-0.3, -0.25) is 9.20 Å². The molecular weight excluding hydrogens is 326 g/mol. The summed E-state index contributed by atoms with van der Waals surface area (Å²) in [7, 11) is 0. The molecule has 0 radical (unpaired) electrons. The number of nitrogens with zero attached hydrogens (tertiary/aromatic N) is 3. The number of carbonyl (C=O) groups is 1. The van der Waals surface area contributed by atoms with Gasteiger partial charge in [0.2, 0.25) is 0 Å². The highest BCUT2D eigenvalue weighted by atomic mass is 16.1. The number of para-hydroxylation sites is 1. The molecule has 2 aromatic heterocycles. The highest BCUT2D eigenvalue weighted by Gasteiger charge is 2.19. The Hall–Kier alpha value is -3.67. The van der Waals surface area contributed by atoms with Crippen LogP contribution in [0.4, 0.5) is 11.5 Å². The van der Waals surface area contributed by atoms with Crippen molar-refractivity contribution < 1.29 is 4.79 Å². The molecule has 5 rings (SSSR count). The summed E-state index contributed by atoms with van der Waals surface area (Å²) in [6.45, 7) is 0.566. The number of imidazole rings is 1. The fraction of sp³-hybridized carbons (Fsp3) is 0.0500. The first-order chi connectivity index (χ1) is 12.8. The summed E-state index contributed by atoms with van der Waals surface area (Å²) < 4.78 is 2.00. The molecule has 2 N–H and O–H groups in total. The summed E-state index contributed by atoms with van der Waals surface area (Å²) in [5, 5.41) is 6.16. The van der Waals surface area contributed by atoms with Gasteiger partial charge in [0, 0.05) is 35.8 Å². The lowest BCUT2D eigenvalue weighted by atomic mass is 10.0. The third-order valence-electron chi connectivity index (χ3n) is 4.55. The molecular formula is C20H15N5O. The first-order valence-corrected chi connectivity index (χ1v) is 8.35. The smallest absolute Gasteiger partial charge is 0.251 e. The average molecular weight is 341 g/mol. The van der Waals surface area contributed by atoms with Crippen LogP contribution >= 0.6 is 0 Å². The summed E-state index contributed by atoms with van der Waals surface area (Å²) in [6, 6.07) is 15.7. The Morgan fingerprint density at radius 3 is 2.85 bits per heavy atom. The number of benzene rings is 2. The molecule has 4 aromatic rings. The number of amides is 1. The maximum absolute atomic E-state index is 11.8. The average Bonchev–Trinajstić information content (AvgIpc) is 3.30. The van der Waals surface area contributed by atoms with Crippen LogP contribution in [0.2, 0.25) is 0 Å². The van der Waals surface area contributed by atoms with Crippen LogP contribution in [0, 0.1) is 0 Å². The molecule has 0 spiro atoms. The first kappa shape index (κ1) is 14.7. The molecule has 0 aliphatic carbocycles. The molecule has 0 saturated carbocycles. The van der Waals surface area contributed by atoms with E-state index >= 15 is 0 Å². The molecule has 26 heavy (non-hydrogen) atoms. The van der Waals surface area contributed by atoms with Crippen LogP contribution in [0.15, 0.2) is 67.1 Å². The SMILES string of the molecule is O=C1NCc2cc(-c3cnc(Nc4ccccc4)c4nccn34)ccc21. The monoisotopic (exact) mass is 341 g/mol. The van der Waals surface area contributed by atoms with Gasteiger partial charge in [0.15, 0.2) is 11.5 Å². The number of fused-ring (bicyclic) bond motifs is 2. The maximum atomic E-state index is 11.8. The molecule has 1 amide bonds. The van der Waals surface area contributed by atoms with E-state index in [1.54, 1.807) is 6.20 Å². The van der Waals surface area contributed by atoms with Gasteiger partial charge in [-0.1, -0.05) is 24.3 Å². The molecule has 6 heteroatoms. The van der Waals surface area contributed by atoms with Gasteiger partial charge in [0.1, 0.15) is 0 Å². The number of hydrogen-bond acceptors (Lipinski definition) is 4. The molecule has 1 aliphatic heterocycles. The van der Waals surface area contributed by atoms with Gasteiger partial charge in [-0.05, 0) is 29.8 Å². The summed E-state index contributed by atoms with van der Waals surface area (Å²) in [4.78, 5) is 20.8. The minimum atomic E-state index is -0.0140. The van der Waals surface area contributed by atoms with E-state index in [1.165, 1.54) is 0 Å². The zero-order valence-electron chi connectivity index (χ0n) is 13.8. The van der Waals surface area contributed by atoms with Gasteiger partial charge >= 0.3 is 0 Å². The van der Waals surface area contributed by atoms with E-state index in [1.807, 2.05) is 65.3 Å². The molecule has 6 nitrogen and oxygen atoms in total. The second kappa shape index (κ2) is 5.70. The van der Waals surface area contributed by atoms with Gasteiger partial charge in [-0.25, -0.2) is 9.97 Å². The Labute approximate surface area is 149 Å². The van der Waals surface area contributed by atoms with E-state index < -0.39 is 0 Å². The Morgan fingerprint density at radius 1 is 1.08 bits per heavy atom. The quantitative estimate of drug-likeness (QED) is 0.599. The van der Waals surface area contributed by atoms with E-state index in [0.29, 0.717) is 12.4 Å². The summed E-state index contributed by atoms with van der Waals surface area (Å²) in [6.07, 6.45) is 5.50. The highest BCUT2D eigenvalue weighted by Crippen LogP contribution is 2.28. The summed E-state index contributed by atoms with van der Waals surface area (Å²) >= 11 is 0. The van der Waals surface area contributed by atoms with Crippen LogP contribution in [0.5, 0.6) is 0 Å². The molecule has 0 bridgehead atoms. The van der Waals surface area contributed by atoms with E-state index in [9.17, 15) is 4.79 Å². The number of rotatable bonds is 3. The van der Waals surface area contributed by atoms with Crippen molar-refractivity contribution in [3.63, 3.8) is 0 Å².